The van der Waals surface area contributed by atoms with Crippen LogP contribution in [0.25, 0.3) is 0 Å². The molecule has 0 atom stereocenters. The van der Waals surface area contributed by atoms with E-state index in [0.29, 0.717) is 0 Å². The van der Waals surface area contributed by atoms with E-state index in [4.69, 9.17) is 0 Å². The average Bonchev–Trinajstić information content (AvgIpc) is 2.40. The summed E-state index contributed by atoms with van der Waals surface area (Å²) in [6.45, 7) is 0. The maximum absolute atomic E-state index is 13.1. The van der Waals surface area contributed by atoms with Crippen molar-refractivity contribution < 1.29 is 22.4 Å². The van der Waals surface area contributed by atoms with Gasteiger partial charge in [-0.2, -0.15) is 13.2 Å². The van der Waals surface area contributed by atoms with Crippen molar-refractivity contribution in [3.8, 4) is 0 Å². The number of hydrogen-bond acceptors (Lipinski definition) is 1. The van der Waals surface area contributed by atoms with Crippen LogP contribution in [0.2, 0.25) is 0 Å². The van der Waals surface area contributed by atoms with Gasteiger partial charge in [0.25, 0.3) is 0 Å². The molecule has 0 saturated heterocycles. The summed E-state index contributed by atoms with van der Waals surface area (Å²) in [5, 5.41) is 0. The first-order chi connectivity index (χ1) is 9.70. The van der Waals surface area contributed by atoms with Crippen molar-refractivity contribution in [1.29, 1.82) is 0 Å². The Labute approximate surface area is 134 Å². The molecule has 0 aliphatic rings. The van der Waals surface area contributed by atoms with Crippen molar-refractivity contribution in [3.63, 3.8) is 0 Å². The second kappa shape index (κ2) is 5.88. The minimum absolute atomic E-state index is 0.0130. The van der Waals surface area contributed by atoms with Gasteiger partial charge in [-0.05, 0) is 52.3 Å². The van der Waals surface area contributed by atoms with Gasteiger partial charge >= 0.3 is 6.18 Å². The summed E-state index contributed by atoms with van der Waals surface area (Å²) in [7, 11) is 0. The van der Waals surface area contributed by atoms with Crippen molar-refractivity contribution in [1.82, 2.24) is 0 Å². The zero-order chi connectivity index (χ0) is 15.8. The molecule has 0 heterocycles. The van der Waals surface area contributed by atoms with Gasteiger partial charge in [-0.1, -0.05) is 15.9 Å². The van der Waals surface area contributed by atoms with Crippen LogP contribution in [0.4, 0.5) is 17.6 Å². The summed E-state index contributed by atoms with van der Waals surface area (Å²) in [6.07, 6.45) is -4.66. The van der Waals surface area contributed by atoms with Crippen LogP contribution in [-0.4, -0.2) is 5.78 Å². The normalized spacial score (nSPS) is 11.5. The molecule has 0 N–H and O–H groups in total. The van der Waals surface area contributed by atoms with Crippen molar-refractivity contribution in [3.05, 3.63) is 67.9 Å². The third-order valence-electron chi connectivity index (χ3n) is 2.71. The minimum atomic E-state index is -4.66. The Morgan fingerprint density at radius 1 is 1.00 bits per heavy atom. The van der Waals surface area contributed by atoms with Gasteiger partial charge in [0.15, 0.2) is 5.78 Å². The standard InChI is InChI=1S/C14H6Br2F4O/c15-8-2-3-9(10(6-8)14(18,19)20)13(21)7-1-4-12(17)11(16)5-7/h1-6H. The molecular weight excluding hydrogens is 420 g/mol. The van der Waals surface area contributed by atoms with E-state index >= 15 is 0 Å². The summed E-state index contributed by atoms with van der Waals surface area (Å²) in [5.74, 6) is -1.42. The minimum Gasteiger partial charge on any atom is -0.289 e. The number of alkyl halides is 3. The number of hydrogen-bond donors (Lipinski definition) is 0. The molecule has 0 radical (unpaired) electrons. The number of ketones is 1. The molecule has 7 heteroatoms. The molecule has 110 valence electrons. The van der Waals surface area contributed by atoms with Crippen LogP contribution in [0.3, 0.4) is 0 Å². The highest BCUT2D eigenvalue weighted by molar-refractivity contribution is 9.10. The van der Waals surface area contributed by atoms with E-state index in [1.807, 2.05) is 0 Å². The number of benzene rings is 2. The van der Waals surface area contributed by atoms with E-state index < -0.39 is 28.9 Å². The van der Waals surface area contributed by atoms with E-state index in [2.05, 4.69) is 31.9 Å². The number of rotatable bonds is 2. The first-order valence-corrected chi connectivity index (χ1v) is 7.15. The van der Waals surface area contributed by atoms with Gasteiger partial charge < -0.3 is 0 Å². The largest absolute Gasteiger partial charge is 0.417 e. The van der Waals surface area contributed by atoms with Crippen LogP contribution in [0, 0.1) is 5.82 Å². The molecule has 0 amide bonds. The lowest BCUT2D eigenvalue weighted by Crippen LogP contribution is -2.14. The number of carbonyl (C=O) groups excluding carboxylic acids is 1. The summed E-state index contributed by atoms with van der Waals surface area (Å²) >= 11 is 5.85. The molecule has 0 aliphatic heterocycles. The summed E-state index contributed by atoms with van der Waals surface area (Å²) in [6, 6.07) is 6.59. The second-order valence-corrected chi connectivity index (χ2v) is 5.92. The van der Waals surface area contributed by atoms with Crippen LogP contribution in [-0.2, 0) is 6.18 Å². The molecule has 0 saturated carbocycles. The first kappa shape index (κ1) is 16.2. The molecular formula is C14H6Br2F4O. The van der Waals surface area contributed by atoms with Gasteiger partial charge in [-0.15, -0.1) is 0 Å². The lowest BCUT2D eigenvalue weighted by molar-refractivity contribution is -0.137. The van der Waals surface area contributed by atoms with Gasteiger partial charge in [0, 0.05) is 15.6 Å². The topological polar surface area (TPSA) is 17.1 Å². The molecule has 2 aromatic carbocycles. The van der Waals surface area contributed by atoms with Crippen LogP contribution in [0.15, 0.2) is 45.3 Å². The van der Waals surface area contributed by atoms with Crippen LogP contribution < -0.4 is 0 Å². The lowest BCUT2D eigenvalue weighted by Gasteiger charge is -2.12. The quantitative estimate of drug-likeness (QED) is 0.452. The van der Waals surface area contributed by atoms with E-state index in [1.165, 1.54) is 6.07 Å². The smallest absolute Gasteiger partial charge is 0.289 e. The SMILES string of the molecule is O=C(c1ccc(F)c(Br)c1)c1ccc(Br)cc1C(F)(F)F. The van der Waals surface area contributed by atoms with Crippen LogP contribution >= 0.6 is 31.9 Å². The molecule has 0 aliphatic carbocycles. The third kappa shape index (κ3) is 3.52. The molecule has 2 rings (SSSR count). The molecule has 0 aromatic heterocycles. The zero-order valence-electron chi connectivity index (χ0n) is 10.1. The van der Waals surface area contributed by atoms with E-state index in [9.17, 15) is 22.4 Å². The average molecular weight is 426 g/mol. The monoisotopic (exact) mass is 424 g/mol. The molecule has 0 bridgehead atoms. The van der Waals surface area contributed by atoms with Crippen molar-refractivity contribution in [2.45, 2.75) is 6.18 Å². The fourth-order valence-corrected chi connectivity index (χ4v) is 2.48. The second-order valence-electron chi connectivity index (χ2n) is 4.15. The molecule has 0 unspecified atom stereocenters. The summed E-state index contributed by atoms with van der Waals surface area (Å²) < 4.78 is 52.4. The predicted octanol–water partition coefficient (Wildman–Crippen LogP) is 5.60. The van der Waals surface area contributed by atoms with E-state index in [-0.39, 0.29) is 14.5 Å². The highest BCUT2D eigenvalue weighted by Gasteiger charge is 2.35. The Kier molecular flexibility index (Phi) is 4.53. The maximum Gasteiger partial charge on any atom is 0.417 e. The predicted molar refractivity (Wildman–Crippen MR) is 76.7 cm³/mol. The summed E-state index contributed by atoms with van der Waals surface area (Å²) in [4.78, 5) is 12.2. The summed E-state index contributed by atoms with van der Waals surface area (Å²) in [5.41, 5.74) is -1.55. The molecule has 2 aromatic rings. The number of halogens is 6. The van der Waals surface area contributed by atoms with Crippen molar-refractivity contribution in [2.75, 3.05) is 0 Å². The van der Waals surface area contributed by atoms with Crippen molar-refractivity contribution in [2.24, 2.45) is 0 Å². The molecule has 0 fully saturated rings. The molecule has 0 spiro atoms. The fourth-order valence-electron chi connectivity index (χ4n) is 1.74. The highest BCUT2D eigenvalue weighted by Crippen LogP contribution is 2.35. The van der Waals surface area contributed by atoms with Gasteiger partial charge in [-0.3, -0.25) is 4.79 Å². The Hall–Kier alpha value is -1.21. The van der Waals surface area contributed by atoms with E-state index in [0.717, 1.165) is 30.3 Å². The maximum atomic E-state index is 13.1. The van der Waals surface area contributed by atoms with E-state index in [1.54, 1.807) is 0 Å². The Bertz CT molecular complexity index is 711. The zero-order valence-corrected chi connectivity index (χ0v) is 13.3. The van der Waals surface area contributed by atoms with Gasteiger partial charge in [-0.25, -0.2) is 4.39 Å². The highest BCUT2D eigenvalue weighted by atomic mass is 79.9. The lowest BCUT2D eigenvalue weighted by atomic mass is 9.98. The Balaban J connectivity index is 2.55. The fraction of sp³-hybridized carbons (Fsp3) is 0.0714. The first-order valence-electron chi connectivity index (χ1n) is 5.56. The number of carbonyl (C=O) groups is 1. The van der Waals surface area contributed by atoms with Gasteiger partial charge in [0.1, 0.15) is 5.82 Å². The van der Waals surface area contributed by atoms with Gasteiger partial charge in [0.05, 0.1) is 10.0 Å². The van der Waals surface area contributed by atoms with Crippen molar-refractivity contribution >= 4 is 37.6 Å². The van der Waals surface area contributed by atoms with Crippen LogP contribution in [0.5, 0.6) is 0 Å². The molecule has 1 nitrogen and oxygen atoms in total. The Morgan fingerprint density at radius 2 is 1.67 bits per heavy atom. The Morgan fingerprint density at radius 3 is 2.24 bits per heavy atom. The van der Waals surface area contributed by atoms with Crippen LogP contribution in [0.1, 0.15) is 21.5 Å². The molecule has 21 heavy (non-hydrogen) atoms. The van der Waals surface area contributed by atoms with Gasteiger partial charge in [0.2, 0.25) is 0 Å². The third-order valence-corrected chi connectivity index (χ3v) is 3.81.